The zero-order chi connectivity index (χ0) is 13.3. The van der Waals surface area contributed by atoms with Gasteiger partial charge in [0.05, 0.1) is 6.54 Å². The summed E-state index contributed by atoms with van der Waals surface area (Å²) in [5.41, 5.74) is 0. The van der Waals surface area contributed by atoms with E-state index >= 15 is 0 Å². The highest BCUT2D eigenvalue weighted by atomic mass is 32.1. The summed E-state index contributed by atoms with van der Waals surface area (Å²) in [5.74, 6) is 0.806. The van der Waals surface area contributed by atoms with Gasteiger partial charge in [-0.1, -0.05) is 24.3 Å². The third-order valence-corrected chi connectivity index (χ3v) is 3.74. The Morgan fingerprint density at radius 1 is 1.16 bits per heavy atom. The molecule has 0 aliphatic rings. The smallest absolute Gasteiger partial charge is 0.137 e. The summed E-state index contributed by atoms with van der Waals surface area (Å²) >= 11 is 1.78. The van der Waals surface area contributed by atoms with Crippen LogP contribution in [0.15, 0.2) is 47.8 Å². The largest absolute Gasteiger partial charge is 0.491 e. The first kappa shape index (κ1) is 14.1. The molecule has 4 heteroatoms. The summed E-state index contributed by atoms with van der Waals surface area (Å²) in [5, 5.41) is 14.0. The molecule has 0 spiro atoms. The lowest BCUT2D eigenvalue weighted by Gasteiger charge is -2.11. The van der Waals surface area contributed by atoms with Gasteiger partial charge < -0.3 is 15.2 Å². The van der Waals surface area contributed by atoms with E-state index in [-0.39, 0.29) is 0 Å². The van der Waals surface area contributed by atoms with E-state index in [0.29, 0.717) is 13.2 Å². The van der Waals surface area contributed by atoms with Crippen molar-refractivity contribution in [2.24, 2.45) is 0 Å². The normalized spacial score (nSPS) is 12.3. The van der Waals surface area contributed by atoms with Crippen molar-refractivity contribution < 1.29 is 15.2 Å². The standard InChI is InChI=1S/C15H19NO2S/c17-13(12-18-14-5-2-1-3-6-14)11-16-9-8-15-7-4-10-19-15/h1-7,10,13,16-17H,8-9,11-12H2/p+1/t13-/m0/s1. The van der Waals surface area contributed by atoms with Crippen LogP contribution in [0.25, 0.3) is 0 Å². The van der Waals surface area contributed by atoms with E-state index in [1.54, 1.807) is 11.3 Å². The Balaban J connectivity index is 1.56. The van der Waals surface area contributed by atoms with Crippen LogP contribution in [0.5, 0.6) is 5.75 Å². The Morgan fingerprint density at radius 2 is 2.00 bits per heavy atom. The SMILES string of the molecule is O[C@@H](C[NH2+]CCc1cccs1)COc1ccccc1. The Labute approximate surface area is 117 Å². The zero-order valence-electron chi connectivity index (χ0n) is 10.9. The number of hydrogen-bond donors (Lipinski definition) is 2. The van der Waals surface area contributed by atoms with Gasteiger partial charge in [-0.15, -0.1) is 11.3 Å². The molecule has 0 saturated heterocycles. The van der Waals surface area contributed by atoms with Crippen LogP contribution in [0, 0.1) is 0 Å². The number of nitrogens with two attached hydrogens (primary N) is 1. The van der Waals surface area contributed by atoms with Gasteiger partial charge >= 0.3 is 0 Å². The molecule has 0 unspecified atom stereocenters. The predicted octanol–water partition coefficient (Wildman–Crippen LogP) is 1.29. The van der Waals surface area contributed by atoms with Crippen LogP contribution in [0.4, 0.5) is 0 Å². The Morgan fingerprint density at radius 3 is 2.74 bits per heavy atom. The summed E-state index contributed by atoms with van der Waals surface area (Å²) < 4.78 is 5.50. The Kier molecular flexibility index (Phi) is 5.88. The zero-order valence-corrected chi connectivity index (χ0v) is 11.7. The van der Waals surface area contributed by atoms with Crippen LogP contribution < -0.4 is 10.1 Å². The third-order valence-electron chi connectivity index (χ3n) is 2.80. The van der Waals surface area contributed by atoms with Crippen molar-refractivity contribution >= 4 is 11.3 Å². The number of ether oxygens (including phenoxy) is 1. The van der Waals surface area contributed by atoms with Crippen LogP contribution in [0.2, 0.25) is 0 Å². The van der Waals surface area contributed by atoms with Crippen LogP contribution >= 0.6 is 11.3 Å². The van der Waals surface area contributed by atoms with Crippen molar-refractivity contribution in [1.29, 1.82) is 0 Å². The summed E-state index contributed by atoms with van der Waals surface area (Å²) in [6.45, 7) is 2.03. The second-order valence-corrected chi connectivity index (χ2v) is 5.45. The highest BCUT2D eigenvalue weighted by Gasteiger charge is 2.07. The fourth-order valence-corrected chi connectivity index (χ4v) is 2.51. The maximum atomic E-state index is 9.81. The fourth-order valence-electron chi connectivity index (χ4n) is 1.79. The average Bonchev–Trinajstić information content (AvgIpc) is 2.96. The number of quaternary nitrogens is 1. The van der Waals surface area contributed by atoms with Crippen molar-refractivity contribution in [3.8, 4) is 5.75 Å². The number of benzene rings is 1. The molecule has 0 radical (unpaired) electrons. The lowest BCUT2D eigenvalue weighted by atomic mass is 10.3. The first-order chi connectivity index (χ1) is 9.34. The molecule has 0 bridgehead atoms. The van der Waals surface area contributed by atoms with Crippen molar-refractivity contribution in [1.82, 2.24) is 0 Å². The minimum Gasteiger partial charge on any atom is -0.491 e. The highest BCUT2D eigenvalue weighted by Crippen LogP contribution is 2.08. The quantitative estimate of drug-likeness (QED) is 0.715. The monoisotopic (exact) mass is 278 g/mol. The summed E-state index contributed by atoms with van der Waals surface area (Å²) in [4.78, 5) is 1.39. The van der Waals surface area contributed by atoms with Crippen molar-refractivity contribution in [3.63, 3.8) is 0 Å². The molecule has 1 aromatic carbocycles. The van der Waals surface area contributed by atoms with Gasteiger partial charge in [-0.2, -0.15) is 0 Å². The van der Waals surface area contributed by atoms with E-state index in [4.69, 9.17) is 4.74 Å². The molecule has 19 heavy (non-hydrogen) atoms. The van der Waals surface area contributed by atoms with Crippen molar-refractivity contribution in [3.05, 3.63) is 52.7 Å². The number of aliphatic hydroxyl groups is 1. The number of aliphatic hydroxyl groups excluding tert-OH is 1. The lowest BCUT2D eigenvalue weighted by Crippen LogP contribution is -2.87. The van der Waals surface area contributed by atoms with Gasteiger partial charge in [0.25, 0.3) is 0 Å². The van der Waals surface area contributed by atoms with Crippen LogP contribution in [-0.4, -0.2) is 30.9 Å². The number of rotatable bonds is 8. The molecule has 1 aromatic heterocycles. The Bertz CT molecular complexity index is 444. The summed E-state index contributed by atoms with van der Waals surface area (Å²) in [6.07, 6.45) is 0.632. The molecule has 0 aliphatic heterocycles. The molecule has 1 atom stereocenters. The second-order valence-electron chi connectivity index (χ2n) is 4.42. The van der Waals surface area contributed by atoms with Gasteiger partial charge in [-0.05, 0) is 23.6 Å². The minimum atomic E-state index is -0.427. The predicted molar refractivity (Wildman–Crippen MR) is 77.6 cm³/mol. The van der Waals surface area contributed by atoms with Crippen LogP contribution in [0.1, 0.15) is 4.88 Å². The molecular weight excluding hydrogens is 258 g/mol. The third kappa shape index (κ3) is 5.42. The number of hydrogen-bond acceptors (Lipinski definition) is 3. The second kappa shape index (κ2) is 7.94. The lowest BCUT2D eigenvalue weighted by molar-refractivity contribution is -0.660. The van der Waals surface area contributed by atoms with Crippen LogP contribution in [-0.2, 0) is 6.42 Å². The van der Waals surface area contributed by atoms with Gasteiger partial charge in [-0.25, -0.2) is 0 Å². The van der Waals surface area contributed by atoms with Gasteiger partial charge in [-0.3, -0.25) is 0 Å². The maximum absolute atomic E-state index is 9.81. The summed E-state index contributed by atoms with van der Waals surface area (Å²) in [7, 11) is 0. The van der Waals surface area contributed by atoms with Gasteiger partial charge in [0, 0.05) is 11.3 Å². The van der Waals surface area contributed by atoms with Gasteiger partial charge in [0.1, 0.15) is 25.0 Å². The first-order valence-electron chi connectivity index (χ1n) is 6.54. The minimum absolute atomic E-state index is 0.347. The van der Waals surface area contributed by atoms with E-state index < -0.39 is 6.10 Å². The first-order valence-corrected chi connectivity index (χ1v) is 7.42. The van der Waals surface area contributed by atoms with E-state index in [1.165, 1.54) is 4.88 Å². The van der Waals surface area contributed by atoms with E-state index in [2.05, 4.69) is 22.8 Å². The molecule has 1 heterocycles. The van der Waals surface area contributed by atoms with Gasteiger partial charge in [0.2, 0.25) is 0 Å². The molecule has 0 fully saturated rings. The molecule has 2 aromatic rings. The molecule has 0 amide bonds. The van der Waals surface area contributed by atoms with Crippen LogP contribution in [0.3, 0.4) is 0 Å². The van der Waals surface area contributed by atoms with E-state index in [9.17, 15) is 5.11 Å². The van der Waals surface area contributed by atoms with Crippen molar-refractivity contribution in [2.75, 3.05) is 19.7 Å². The molecule has 0 aliphatic carbocycles. The molecular formula is C15H20NO2S+. The van der Waals surface area contributed by atoms with E-state index in [0.717, 1.165) is 18.7 Å². The number of para-hydroxylation sites is 1. The molecule has 2 rings (SSSR count). The average molecular weight is 278 g/mol. The maximum Gasteiger partial charge on any atom is 0.137 e. The van der Waals surface area contributed by atoms with Gasteiger partial charge in [0.15, 0.2) is 0 Å². The molecule has 3 N–H and O–H groups in total. The summed E-state index contributed by atoms with van der Waals surface area (Å²) in [6, 6.07) is 13.8. The highest BCUT2D eigenvalue weighted by molar-refractivity contribution is 7.09. The topological polar surface area (TPSA) is 46.1 Å². The van der Waals surface area contributed by atoms with E-state index in [1.807, 2.05) is 30.3 Å². The molecule has 102 valence electrons. The Hall–Kier alpha value is -1.36. The fraction of sp³-hybridized carbons (Fsp3) is 0.333. The number of thiophene rings is 1. The molecule has 3 nitrogen and oxygen atoms in total. The molecule has 0 saturated carbocycles. The van der Waals surface area contributed by atoms with Crippen molar-refractivity contribution in [2.45, 2.75) is 12.5 Å².